The van der Waals surface area contributed by atoms with Crippen LogP contribution in [0, 0.1) is 0 Å². The molecule has 2 N–H and O–H groups in total. The number of hydrogen-bond donors (Lipinski definition) is 2. The topological polar surface area (TPSA) is 67.8 Å². The van der Waals surface area contributed by atoms with Crippen molar-refractivity contribution in [1.82, 2.24) is 15.6 Å². The molecule has 7 heteroatoms. The van der Waals surface area contributed by atoms with Gasteiger partial charge in [0.2, 0.25) is 5.88 Å². The molecule has 1 fully saturated rings. The molecule has 1 aliphatic carbocycles. The van der Waals surface area contributed by atoms with Gasteiger partial charge >= 0.3 is 0 Å². The molecule has 150 valence electrons. The third-order valence-corrected chi connectivity index (χ3v) is 5.60. The highest BCUT2D eigenvalue weighted by atomic mass is 79.9. The summed E-state index contributed by atoms with van der Waals surface area (Å²) in [5.74, 6) is 1.39. The van der Waals surface area contributed by atoms with Gasteiger partial charge in [0.25, 0.3) is 0 Å². The molecule has 2 aromatic rings. The molecule has 1 aromatic carbocycles. The van der Waals surface area contributed by atoms with Gasteiger partial charge in [0, 0.05) is 49.4 Å². The van der Waals surface area contributed by atoms with E-state index in [4.69, 9.17) is 9.47 Å². The van der Waals surface area contributed by atoms with Crippen molar-refractivity contribution in [3.8, 4) is 5.88 Å². The van der Waals surface area contributed by atoms with Crippen LogP contribution in [-0.2, 0) is 16.7 Å². The van der Waals surface area contributed by atoms with Gasteiger partial charge in [-0.15, -0.1) is 0 Å². The Morgan fingerprint density at radius 1 is 1.18 bits per heavy atom. The fraction of sp³-hybridized carbons (Fsp3) is 0.429. The summed E-state index contributed by atoms with van der Waals surface area (Å²) in [5.41, 5.74) is 2.63. The molecule has 1 aromatic heterocycles. The molecular weight excluding hydrogens is 420 g/mol. The summed E-state index contributed by atoms with van der Waals surface area (Å²) < 4.78 is 11.6. The van der Waals surface area contributed by atoms with Crippen molar-refractivity contribution in [2.24, 2.45) is 4.99 Å². The number of hydrogen-bond acceptors (Lipinski definition) is 4. The van der Waals surface area contributed by atoms with E-state index in [-0.39, 0.29) is 5.41 Å². The van der Waals surface area contributed by atoms with Gasteiger partial charge in [-0.1, -0.05) is 40.2 Å². The minimum Gasteiger partial charge on any atom is -0.475 e. The van der Waals surface area contributed by atoms with Gasteiger partial charge in [0.05, 0.1) is 6.61 Å². The Morgan fingerprint density at radius 2 is 2.00 bits per heavy atom. The van der Waals surface area contributed by atoms with Crippen LogP contribution in [0.2, 0.25) is 0 Å². The molecule has 0 spiro atoms. The van der Waals surface area contributed by atoms with E-state index in [1.54, 1.807) is 14.2 Å². The predicted octanol–water partition coefficient (Wildman–Crippen LogP) is 3.27. The van der Waals surface area contributed by atoms with E-state index >= 15 is 0 Å². The molecule has 0 unspecified atom stereocenters. The quantitative estimate of drug-likeness (QED) is 0.351. The van der Waals surface area contributed by atoms with Crippen LogP contribution in [0.5, 0.6) is 5.88 Å². The summed E-state index contributed by atoms with van der Waals surface area (Å²) in [6, 6.07) is 12.3. The number of rotatable bonds is 9. The van der Waals surface area contributed by atoms with Gasteiger partial charge < -0.3 is 20.1 Å². The summed E-state index contributed by atoms with van der Waals surface area (Å²) in [6.07, 6.45) is 4.19. The lowest BCUT2D eigenvalue weighted by Gasteiger charge is -2.20. The Kier molecular flexibility index (Phi) is 7.28. The van der Waals surface area contributed by atoms with E-state index < -0.39 is 0 Å². The first-order chi connectivity index (χ1) is 13.7. The molecule has 1 saturated carbocycles. The number of aromatic nitrogens is 1. The van der Waals surface area contributed by atoms with E-state index in [1.807, 2.05) is 18.3 Å². The Hall–Kier alpha value is -2.12. The van der Waals surface area contributed by atoms with Crippen LogP contribution in [0.15, 0.2) is 52.1 Å². The number of halogens is 1. The third kappa shape index (κ3) is 5.45. The maximum absolute atomic E-state index is 5.49. The Bertz CT molecular complexity index is 791. The monoisotopic (exact) mass is 446 g/mol. The summed E-state index contributed by atoms with van der Waals surface area (Å²) >= 11 is 3.69. The van der Waals surface area contributed by atoms with Crippen molar-refractivity contribution in [1.29, 1.82) is 0 Å². The van der Waals surface area contributed by atoms with E-state index in [1.165, 1.54) is 22.9 Å². The van der Waals surface area contributed by atoms with E-state index in [2.05, 4.69) is 60.8 Å². The molecule has 1 aliphatic rings. The van der Waals surface area contributed by atoms with Crippen LogP contribution in [0.1, 0.15) is 24.0 Å². The SMILES string of the molecule is CN=C(NCc1ccc(OCCOC)nc1)NCC1(c2ccccc2Br)CC1. The Balaban J connectivity index is 1.48. The highest BCUT2D eigenvalue weighted by Gasteiger charge is 2.45. The summed E-state index contributed by atoms with van der Waals surface area (Å²) in [5, 5.41) is 6.82. The van der Waals surface area contributed by atoms with Gasteiger partial charge in [-0.3, -0.25) is 4.99 Å². The van der Waals surface area contributed by atoms with Crippen molar-refractivity contribution in [2.45, 2.75) is 24.8 Å². The molecule has 0 aliphatic heterocycles. The number of pyridine rings is 1. The second-order valence-electron chi connectivity index (χ2n) is 6.89. The first-order valence-electron chi connectivity index (χ1n) is 9.43. The fourth-order valence-electron chi connectivity index (χ4n) is 3.07. The van der Waals surface area contributed by atoms with Crippen molar-refractivity contribution in [2.75, 3.05) is 33.9 Å². The number of methoxy groups -OCH3 is 1. The van der Waals surface area contributed by atoms with E-state index in [0.29, 0.717) is 25.6 Å². The van der Waals surface area contributed by atoms with Crippen LogP contribution in [0.3, 0.4) is 0 Å². The van der Waals surface area contributed by atoms with Crippen LogP contribution >= 0.6 is 15.9 Å². The Labute approximate surface area is 174 Å². The molecule has 3 rings (SSSR count). The fourth-order valence-corrected chi connectivity index (χ4v) is 3.78. The van der Waals surface area contributed by atoms with Gasteiger partial charge in [-0.25, -0.2) is 4.98 Å². The second-order valence-corrected chi connectivity index (χ2v) is 7.74. The van der Waals surface area contributed by atoms with Crippen molar-refractivity contribution in [3.63, 3.8) is 0 Å². The van der Waals surface area contributed by atoms with Crippen molar-refractivity contribution < 1.29 is 9.47 Å². The van der Waals surface area contributed by atoms with Crippen molar-refractivity contribution >= 4 is 21.9 Å². The maximum Gasteiger partial charge on any atom is 0.213 e. The predicted molar refractivity (Wildman–Crippen MR) is 115 cm³/mol. The molecule has 0 atom stereocenters. The summed E-state index contributed by atoms with van der Waals surface area (Å²) in [4.78, 5) is 8.66. The first-order valence-corrected chi connectivity index (χ1v) is 10.2. The van der Waals surface area contributed by atoms with Crippen LogP contribution in [-0.4, -0.2) is 44.9 Å². The number of nitrogens with zero attached hydrogens (tertiary/aromatic N) is 2. The van der Waals surface area contributed by atoms with Crippen molar-refractivity contribution in [3.05, 3.63) is 58.2 Å². The second kappa shape index (κ2) is 9.89. The van der Waals surface area contributed by atoms with Crippen LogP contribution < -0.4 is 15.4 Å². The zero-order valence-corrected chi connectivity index (χ0v) is 18.0. The number of guanidine groups is 1. The van der Waals surface area contributed by atoms with Crippen LogP contribution in [0.25, 0.3) is 0 Å². The lowest BCUT2D eigenvalue weighted by Crippen LogP contribution is -2.41. The summed E-state index contributed by atoms with van der Waals surface area (Å²) in [6.45, 7) is 2.55. The molecule has 6 nitrogen and oxygen atoms in total. The molecule has 0 amide bonds. The number of nitrogens with one attached hydrogen (secondary N) is 2. The highest BCUT2D eigenvalue weighted by Crippen LogP contribution is 2.49. The Morgan fingerprint density at radius 3 is 2.64 bits per heavy atom. The normalized spacial score (nSPS) is 15.2. The molecular formula is C21H27BrN4O2. The van der Waals surface area contributed by atoms with Gasteiger partial charge in [-0.05, 0) is 30.0 Å². The standard InChI is InChI=1S/C21H27BrN4O2/c1-23-20(25-14-16-7-8-19(24-13-16)28-12-11-27-2)26-15-21(9-10-21)17-5-3-4-6-18(17)22/h3-8,13H,9-12,14-15H2,1-2H3,(H2,23,25,26). The van der Waals surface area contributed by atoms with Gasteiger partial charge in [-0.2, -0.15) is 0 Å². The molecule has 1 heterocycles. The maximum atomic E-state index is 5.49. The summed E-state index contributed by atoms with van der Waals surface area (Å²) in [7, 11) is 3.44. The minimum atomic E-state index is 0.195. The van der Waals surface area contributed by atoms with Gasteiger partial charge in [0.15, 0.2) is 5.96 Å². The average molecular weight is 447 g/mol. The largest absolute Gasteiger partial charge is 0.475 e. The van der Waals surface area contributed by atoms with E-state index in [9.17, 15) is 0 Å². The zero-order valence-electron chi connectivity index (χ0n) is 16.4. The molecule has 0 bridgehead atoms. The zero-order chi connectivity index (χ0) is 19.8. The molecule has 28 heavy (non-hydrogen) atoms. The molecule has 0 saturated heterocycles. The highest BCUT2D eigenvalue weighted by molar-refractivity contribution is 9.10. The van der Waals surface area contributed by atoms with Gasteiger partial charge in [0.1, 0.15) is 6.61 Å². The minimum absolute atomic E-state index is 0.195. The number of ether oxygens (including phenoxy) is 2. The first kappa shape index (κ1) is 20.6. The van der Waals surface area contributed by atoms with Crippen LogP contribution in [0.4, 0.5) is 0 Å². The van der Waals surface area contributed by atoms with E-state index in [0.717, 1.165) is 18.1 Å². The molecule has 0 radical (unpaired) electrons. The smallest absolute Gasteiger partial charge is 0.213 e. The number of benzene rings is 1. The lowest BCUT2D eigenvalue weighted by atomic mass is 9.96. The third-order valence-electron chi connectivity index (χ3n) is 4.91. The lowest BCUT2D eigenvalue weighted by molar-refractivity contribution is 0.143. The number of aliphatic imine (C=N–C) groups is 1. The average Bonchev–Trinajstić information content (AvgIpc) is 3.50.